The van der Waals surface area contributed by atoms with Crippen LogP contribution in [0.5, 0.6) is 5.75 Å². The van der Waals surface area contributed by atoms with Crippen LogP contribution >= 0.6 is 0 Å². The number of hydrogen-bond acceptors (Lipinski definition) is 5. The lowest BCUT2D eigenvalue weighted by Crippen LogP contribution is -2.25. The summed E-state index contributed by atoms with van der Waals surface area (Å²) in [7, 11) is 0. The third-order valence-corrected chi connectivity index (χ3v) is 3.20. The molecule has 2 aromatic rings. The zero-order valence-corrected chi connectivity index (χ0v) is 11.6. The molecular weight excluding hydrogens is 261 g/mol. The second kappa shape index (κ2) is 6.47. The molecule has 0 fully saturated rings. The Kier molecular flexibility index (Phi) is 4.68. The van der Waals surface area contributed by atoms with Gasteiger partial charge in [-0.2, -0.15) is 4.98 Å². The highest BCUT2D eigenvalue weighted by Crippen LogP contribution is 2.28. The Morgan fingerprint density at radius 3 is 2.75 bits per heavy atom. The van der Waals surface area contributed by atoms with E-state index >= 15 is 0 Å². The van der Waals surface area contributed by atoms with Gasteiger partial charge in [-0.05, 0) is 31.3 Å². The molecule has 1 N–H and O–H groups in total. The smallest absolute Gasteiger partial charge is 0.261 e. The summed E-state index contributed by atoms with van der Waals surface area (Å²) in [4.78, 5) is 6.44. The molecule has 1 heterocycles. The van der Waals surface area contributed by atoms with Crippen molar-refractivity contribution in [2.75, 3.05) is 19.6 Å². The van der Waals surface area contributed by atoms with Crippen LogP contribution in [0.4, 0.5) is 4.39 Å². The monoisotopic (exact) mass is 279 g/mol. The van der Waals surface area contributed by atoms with Gasteiger partial charge in [0.1, 0.15) is 11.6 Å². The van der Waals surface area contributed by atoms with Crippen molar-refractivity contribution in [3.8, 4) is 17.2 Å². The standard InChI is InChI=1S/C14H18FN3O2/c1-3-18(4-2)8-7-13-16-14(20-17-13)11-9-10(15)5-6-12(11)19/h5-6,9,19H,3-4,7-8H2,1-2H3. The van der Waals surface area contributed by atoms with Gasteiger partial charge >= 0.3 is 0 Å². The Bertz CT molecular complexity index is 567. The van der Waals surface area contributed by atoms with Crippen molar-refractivity contribution in [1.29, 1.82) is 0 Å². The molecule has 0 saturated carbocycles. The molecule has 0 amide bonds. The van der Waals surface area contributed by atoms with Gasteiger partial charge in [0.15, 0.2) is 5.82 Å². The first-order valence-electron chi connectivity index (χ1n) is 6.67. The van der Waals surface area contributed by atoms with Crippen LogP contribution in [0.1, 0.15) is 19.7 Å². The number of phenols is 1. The molecule has 6 heteroatoms. The van der Waals surface area contributed by atoms with Crippen molar-refractivity contribution < 1.29 is 14.0 Å². The van der Waals surface area contributed by atoms with Gasteiger partial charge in [-0.25, -0.2) is 4.39 Å². The number of likely N-dealkylation sites (N-methyl/N-ethyl adjacent to an activating group) is 1. The van der Waals surface area contributed by atoms with Gasteiger partial charge in [-0.3, -0.25) is 0 Å². The molecular formula is C14H18FN3O2. The van der Waals surface area contributed by atoms with E-state index in [1.807, 2.05) is 0 Å². The van der Waals surface area contributed by atoms with Crippen LogP contribution in [0.2, 0.25) is 0 Å². The average molecular weight is 279 g/mol. The highest BCUT2D eigenvalue weighted by atomic mass is 19.1. The summed E-state index contributed by atoms with van der Waals surface area (Å²) in [5.74, 6) is 0.151. The first kappa shape index (κ1) is 14.5. The minimum atomic E-state index is -0.458. The lowest BCUT2D eigenvalue weighted by molar-refractivity contribution is 0.303. The summed E-state index contributed by atoms with van der Waals surface area (Å²) in [5.41, 5.74) is 0.214. The second-order valence-electron chi connectivity index (χ2n) is 4.45. The molecule has 1 aromatic heterocycles. The van der Waals surface area contributed by atoms with Gasteiger partial charge in [0.25, 0.3) is 5.89 Å². The predicted octanol–water partition coefficient (Wildman–Crippen LogP) is 2.47. The number of halogens is 1. The highest BCUT2D eigenvalue weighted by molar-refractivity contribution is 5.61. The van der Waals surface area contributed by atoms with Crippen molar-refractivity contribution in [2.24, 2.45) is 0 Å². The molecule has 0 aliphatic heterocycles. The maximum Gasteiger partial charge on any atom is 0.261 e. The molecule has 0 radical (unpaired) electrons. The van der Waals surface area contributed by atoms with E-state index in [1.54, 1.807) is 0 Å². The Hall–Kier alpha value is -1.95. The van der Waals surface area contributed by atoms with Crippen molar-refractivity contribution in [2.45, 2.75) is 20.3 Å². The molecule has 0 aliphatic carbocycles. The Balaban J connectivity index is 2.10. The molecule has 0 atom stereocenters. The van der Waals surface area contributed by atoms with Crippen LogP contribution in [-0.4, -0.2) is 39.8 Å². The predicted molar refractivity (Wildman–Crippen MR) is 72.8 cm³/mol. The van der Waals surface area contributed by atoms with Crippen LogP contribution in [0.3, 0.4) is 0 Å². The molecule has 0 unspecified atom stereocenters. The van der Waals surface area contributed by atoms with Crippen LogP contribution in [0.15, 0.2) is 22.7 Å². The number of rotatable bonds is 6. The lowest BCUT2D eigenvalue weighted by atomic mass is 10.2. The summed E-state index contributed by atoms with van der Waals surface area (Å²) in [5, 5.41) is 13.5. The molecule has 2 rings (SSSR count). The van der Waals surface area contributed by atoms with Gasteiger partial charge in [0.2, 0.25) is 0 Å². The summed E-state index contributed by atoms with van der Waals surface area (Å²) in [6.45, 7) is 6.95. The van der Waals surface area contributed by atoms with Crippen LogP contribution in [-0.2, 0) is 6.42 Å². The van der Waals surface area contributed by atoms with Gasteiger partial charge in [-0.1, -0.05) is 19.0 Å². The largest absolute Gasteiger partial charge is 0.507 e. The molecule has 1 aromatic carbocycles. The SMILES string of the molecule is CCN(CC)CCc1noc(-c2cc(F)ccc2O)n1. The number of hydrogen-bond donors (Lipinski definition) is 1. The second-order valence-corrected chi connectivity index (χ2v) is 4.45. The topological polar surface area (TPSA) is 62.4 Å². The normalized spacial score (nSPS) is 11.2. The first-order valence-corrected chi connectivity index (χ1v) is 6.67. The quantitative estimate of drug-likeness (QED) is 0.880. The molecule has 0 aliphatic rings. The fourth-order valence-corrected chi connectivity index (χ4v) is 1.94. The number of phenolic OH excluding ortho intramolecular Hbond substituents is 1. The van der Waals surface area contributed by atoms with Gasteiger partial charge < -0.3 is 14.5 Å². The molecule has 5 nitrogen and oxygen atoms in total. The summed E-state index contributed by atoms with van der Waals surface area (Å²) < 4.78 is 18.3. The van der Waals surface area contributed by atoms with E-state index in [4.69, 9.17) is 4.52 Å². The Morgan fingerprint density at radius 2 is 2.05 bits per heavy atom. The summed E-state index contributed by atoms with van der Waals surface area (Å²) >= 11 is 0. The third-order valence-electron chi connectivity index (χ3n) is 3.20. The molecule has 108 valence electrons. The lowest BCUT2D eigenvalue weighted by Gasteiger charge is -2.16. The van der Waals surface area contributed by atoms with Crippen LogP contribution in [0, 0.1) is 5.82 Å². The zero-order valence-electron chi connectivity index (χ0n) is 11.6. The average Bonchev–Trinajstić information content (AvgIpc) is 2.91. The van der Waals surface area contributed by atoms with Crippen molar-refractivity contribution in [3.63, 3.8) is 0 Å². The van der Waals surface area contributed by atoms with Gasteiger partial charge in [0, 0.05) is 13.0 Å². The van der Waals surface area contributed by atoms with E-state index in [1.165, 1.54) is 18.2 Å². The van der Waals surface area contributed by atoms with Crippen LogP contribution in [0.25, 0.3) is 11.5 Å². The number of aromatic nitrogens is 2. The van der Waals surface area contributed by atoms with E-state index in [9.17, 15) is 9.50 Å². The van der Waals surface area contributed by atoms with E-state index in [2.05, 4.69) is 28.9 Å². The minimum absolute atomic E-state index is 0.0784. The fraction of sp³-hybridized carbons (Fsp3) is 0.429. The fourth-order valence-electron chi connectivity index (χ4n) is 1.94. The molecule has 0 spiro atoms. The maximum atomic E-state index is 13.2. The number of nitrogens with zero attached hydrogens (tertiary/aromatic N) is 3. The van der Waals surface area contributed by atoms with Crippen molar-refractivity contribution >= 4 is 0 Å². The Morgan fingerprint density at radius 1 is 1.30 bits per heavy atom. The minimum Gasteiger partial charge on any atom is -0.507 e. The van der Waals surface area contributed by atoms with Crippen molar-refractivity contribution in [1.82, 2.24) is 15.0 Å². The molecule has 0 bridgehead atoms. The third kappa shape index (κ3) is 3.33. The number of aromatic hydroxyl groups is 1. The summed E-state index contributed by atoms with van der Waals surface area (Å²) in [6.07, 6.45) is 0.654. The van der Waals surface area contributed by atoms with Gasteiger partial charge in [-0.15, -0.1) is 0 Å². The van der Waals surface area contributed by atoms with Crippen molar-refractivity contribution in [3.05, 3.63) is 29.8 Å². The maximum absolute atomic E-state index is 13.2. The van der Waals surface area contributed by atoms with Crippen LogP contribution < -0.4 is 0 Å². The molecule has 20 heavy (non-hydrogen) atoms. The molecule has 0 saturated heterocycles. The Labute approximate surface area is 117 Å². The van der Waals surface area contributed by atoms with E-state index in [-0.39, 0.29) is 17.2 Å². The van der Waals surface area contributed by atoms with E-state index < -0.39 is 5.82 Å². The zero-order chi connectivity index (χ0) is 14.5. The van der Waals surface area contributed by atoms with E-state index in [0.717, 1.165) is 19.6 Å². The van der Waals surface area contributed by atoms with Gasteiger partial charge in [0.05, 0.1) is 5.56 Å². The number of benzene rings is 1. The first-order chi connectivity index (χ1) is 9.63. The highest BCUT2D eigenvalue weighted by Gasteiger charge is 2.14. The summed E-state index contributed by atoms with van der Waals surface area (Å²) in [6, 6.07) is 3.62. The van der Waals surface area contributed by atoms with E-state index in [0.29, 0.717) is 12.2 Å².